The predicted octanol–water partition coefficient (Wildman–Crippen LogP) is 1.04. The number of rotatable bonds is 5. The Balaban J connectivity index is 2.73. The van der Waals surface area contributed by atoms with Crippen molar-refractivity contribution in [1.82, 2.24) is 5.32 Å². The molecule has 1 aromatic carbocycles. The fraction of sp³-hybridized carbons (Fsp3) is 0.462. The summed E-state index contributed by atoms with van der Waals surface area (Å²) < 4.78 is 5.20. The minimum atomic E-state index is -0.224. The quantitative estimate of drug-likeness (QED) is 0.804. The van der Waals surface area contributed by atoms with Crippen molar-refractivity contribution in [1.29, 1.82) is 0 Å². The fourth-order valence-electron chi connectivity index (χ4n) is 1.59. The summed E-state index contributed by atoms with van der Waals surface area (Å²) >= 11 is 0. The molecule has 0 aliphatic heterocycles. The van der Waals surface area contributed by atoms with Gasteiger partial charge in [0.05, 0.1) is 20.1 Å². The Morgan fingerprint density at radius 1 is 1.53 bits per heavy atom. The molecule has 0 unspecified atom stereocenters. The van der Waals surface area contributed by atoms with Gasteiger partial charge in [0.2, 0.25) is 5.91 Å². The predicted molar refractivity (Wildman–Crippen MR) is 66.1 cm³/mol. The highest BCUT2D eigenvalue weighted by atomic mass is 16.5. The number of benzene rings is 1. The minimum Gasteiger partial charge on any atom is -0.496 e. The number of carbonyl (C=O) groups excluding carboxylic acids is 1. The van der Waals surface area contributed by atoms with Crippen LogP contribution in [-0.4, -0.2) is 30.8 Å². The molecule has 1 aromatic rings. The van der Waals surface area contributed by atoms with Crippen molar-refractivity contribution in [3.63, 3.8) is 0 Å². The highest BCUT2D eigenvalue weighted by Gasteiger charge is 2.10. The Kier molecular flexibility index (Phi) is 4.97. The van der Waals surface area contributed by atoms with Gasteiger partial charge in [0.15, 0.2) is 0 Å². The molecule has 0 bridgehead atoms. The third kappa shape index (κ3) is 4.07. The van der Waals surface area contributed by atoms with Crippen molar-refractivity contribution in [2.45, 2.75) is 26.3 Å². The number of amides is 1. The van der Waals surface area contributed by atoms with Crippen molar-refractivity contribution in [3.05, 3.63) is 29.3 Å². The molecular formula is C13H19NO3. The molecule has 0 spiro atoms. The summed E-state index contributed by atoms with van der Waals surface area (Å²) in [6.45, 7) is 3.67. The highest BCUT2D eigenvalue weighted by Crippen LogP contribution is 2.20. The lowest BCUT2D eigenvalue weighted by Crippen LogP contribution is -2.36. The van der Waals surface area contributed by atoms with Crippen LogP contribution in [0.15, 0.2) is 18.2 Å². The third-order valence-electron chi connectivity index (χ3n) is 2.47. The van der Waals surface area contributed by atoms with Gasteiger partial charge in [-0.2, -0.15) is 0 Å². The van der Waals surface area contributed by atoms with Gasteiger partial charge in [-0.15, -0.1) is 0 Å². The van der Waals surface area contributed by atoms with E-state index in [1.165, 1.54) is 0 Å². The summed E-state index contributed by atoms with van der Waals surface area (Å²) in [5.74, 6) is 0.595. The van der Waals surface area contributed by atoms with Gasteiger partial charge in [-0.1, -0.05) is 17.7 Å². The van der Waals surface area contributed by atoms with Crippen LogP contribution in [0.4, 0.5) is 0 Å². The molecule has 0 saturated heterocycles. The average molecular weight is 237 g/mol. The number of ether oxygens (including phenoxy) is 1. The summed E-state index contributed by atoms with van der Waals surface area (Å²) in [5.41, 5.74) is 1.94. The van der Waals surface area contributed by atoms with Crippen molar-refractivity contribution >= 4 is 5.91 Å². The molecule has 1 atom stereocenters. The smallest absolute Gasteiger partial charge is 0.224 e. The van der Waals surface area contributed by atoms with Crippen LogP contribution in [0.5, 0.6) is 5.75 Å². The number of aliphatic hydroxyl groups is 1. The van der Waals surface area contributed by atoms with Crippen molar-refractivity contribution in [2.24, 2.45) is 0 Å². The van der Waals surface area contributed by atoms with Gasteiger partial charge in [0, 0.05) is 11.6 Å². The van der Waals surface area contributed by atoms with E-state index in [9.17, 15) is 4.79 Å². The largest absolute Gasteiger partial charge is 0.496 e. The van der Waals surface area contributed by atoms with Crippen LogP contribution >= 0.6 is 0 Å². The second kappa shape index (κ2) is 6.25. The van der Waals surface area contributed by atoms with Gasteiger partial charge in [0.1, 0.15) is 5.75 Å². The van der Waals surface area contributed by atoms with Crippen LogP contribution in [0.25, 0.3) is 0 Å². The first-order valence-corrected chi connectivity index (χ1v) is 5.60. The maximum absolute atomic E-state index is 11.7. The summed E-state index contributed by atoms with van der Waals surface area (Å²) in [7, 11) is 1.59. The van der Waals surface area contributed by atoms with Gasteiger partial charge in [-0.05, 0) is 19.9 Å². The summed E-state index contributed by atoms with van der Waals surface area (Å²) in [6.07, 6.45) is 0.259. The molecule has 4 nitrogen and oxygen atoms in total. The van der Waals surface area contributed by atoms with Gasteiger partial charge >= 0.3 is 0 Å². The van der Waals surface area contributed by atoms with Gasteiger partial charge in [-0.3, -0.25) is 4.79 Å². The molecule has 0 fully saturated rings. The molecule has 1 rings (SSSR count). The van der Waals surface area contributed by atoms with Crippen LogP contribution in [0.1, 0.15) is 18.1 Å². The molecule has 0 aliphatic carbocycles. The number of hydrogen-bond donors (Lipinski definition) is 2. The first-order chi connectivity index (χ1) is 8.06. The molecule has 2 N–H and O–H groups in total. The number of hydrogen-bond acceptors (Lipinski definition) is 3. The van der Waals surface area contributed by atoms with E-state index >= 15 is 0 Å². The molecule has 0 radical (unpaired) electrons. The molecule has 0 saturated carbocycles. The first-order valence-electron chi connectivity index (χ1n) is 5.60. The zero-order valence-electron chi connectivity index (χ0n) is 10.5. The zero-order valence-corrected chi connectivity index (χ0v) is 10.5. The molecule has 0 aromatic heterocycles. The van der Waals surface area contributed by atoms with Gasteiger partial charge in [-0.25, -0.2) is 0 Å². The average Bonchev–Trinajstić information content (AvgIpc) is 2.29. The summed E-state index contributed by atoms with van der Waals surface area (Å²) in [5, 5.41) is 11.6. The molecule has 0 aliphatic rings. The second-order valence-electron chi connectivity index (χ2n) is 4.14. The number of aryl methyl sites for hydroxylation is 1. The van der Waals surface area contributed by atoms with E-state index in [-0.39, 0.29) is 25.0 Å². The van der Waals surface area contributed by atoms with E-state index in [2.05, 4.69) is 5.32 Å². The molecular weight excluding hydrogens is 218 g/mol. The molecule has 0 heterocycles. The lowest BCUT2D eigenvalue weighted by molar-refractivity contribution is -0.121. The number of aliphatic hydroxyl groups excluding tert-OH is 1. The monoisotopic (exact) mass is 237 g/mol. The third-order valence-corrected chi connectivity index (χ3v) is 2.47. The Morgan fingerprint density at radius 3 is 2.82 bits per heavy atom. The standard InChI is InChI=1S/C13H19NO3/c1-9-4-5-12(17-3)11(6-9)7-13(16)14-10(2)8-15/h4-6,10,15H,7-8H2,1-3H3,(H,14,16)/t10-/m0/s1. The van der Waals surface area contributed by atoms with E-state index in [1.54, 1.807) is 14.0 Å². The number of methoxy groups -OCH3 is 1. The Labute approximate surface area is 102 Å². The number of nitrogens with one attached hydrogen (secondary N) is 1. The van der Waals surface area contributed by atoms with E-state index < -0.39 is 0 Å². The molecule has 1 amide bonds. The topological polar surface area (TPSA) is 58.6 Å². The van der Waals surface area contributed by atoms with Crippen LogP contribution in [-0.2, 0) is 11.2 Å². The maximum Gasteiger partial charge on any atom is 0.224 e. The van der Waals surface area contributed by atoms with Crippen molar-refractivity contribution in [2.75, 3.05) is 13.7 Å². The van der Waals surface area contributed by atoms with Gasteiger partial charge < -0.3 is 15.2 Å². The van der Waals surface area contributed by atoms with Gasteiger partial charge in [0.25, 0.3) is 0 Å². The van der Waals surface area contributed by atoms with Crippen LogP contribution in [0.2, 0.25) is 0 Å². The van der Waals surface area contributed by atoms with Crippen molar-refractivity contribution in [3.8, 4) is 5.75 Å². The summed E-state index contributed by atoms with van der Waals surface area (Å²) in [4.78, 5) is 11.7. The SMILES string of the molecule is COc1ccc(C)cc1CC(=O)N[C@@H](C)CO. The van der Waals surface area contributed by atoms with Crippen LogP contribution in [0.3, 0.4) is 0 Å². The van der Waals surface area contributed by atoms with Crippen LogP contribution in [0, 0.1) is 6.92 Å². The lowest BCUT2D eigenvalue weighted by atomic mass is 10.1. The first kappa shape index (κ1) is 13.5. The zero-order chi connectivity index (χ0) is 12.8. The Bertz CT molecular complexity index is 390. The normalized spacial score (nSPS) is 12.0. The van der Waals surface area contributed by atoms with Crippen molar-refractivity contribution < 1.29 is 14.6 Å². The van der Waals surface area contributed by atoms with E-state index in [0.29, 0.717) is 5.75 Å². The highest BCUT2D eigenvalue weighted by molar-refractivity contribution is 5.79. The van der Waals surface area contributed by atoms with E-state index in [0.717, 1.165) is 11.1 Å². The Hall–Kier alpha value is -1.55. The second-order valence-corrected chi connectivity index (χ2v) is 4.14. The van der Waals surface area contributed by atoms with E-state index in [4.69, 9.17) is 9.84 Å². The fourth-order valence-corrected chi connectivity index (χ4v) is 1.59. The molecule has 17 heavy (non-hydrogen) atoms. The maximum atomic E-state index is 11.7. The number of carbonyl (C=O) groups is 1. The Morgan fingerprint density at radius 2 is 2.24 bits per heavy atom. The summed E-state index contributed by atoms with van der Waals surface area (Å²) in [6, 6.07) is 5.50. The van der Waals surface area contributed by atoms with E-state index in [1.807, 2.05) is 25.1 Å². The molecule has 4 heteroatoms. The molecule has 94 valence electrons. The minimum absolute atomic E-state index is 0.0588. The lowest BCUT2D eigenvalue weighted by Gasteiger charge is -2.12. The van der Waals surface area contributed by atoms with Crippen LogP contribution < -0.4 is 10.1 Å².